The van der Waals surface area contributed by atoms with E-state index in [0.29, 0.717) is 0 Å². The van der Waals surface area contributed by atoms with Gasteiger partial charge in [0, 0.05) is 0 Å². The van der Waals surface area contributed by atoms with Gasteiger partial charge < -0.3 is 10.2 Å². The van der Waals surface area contributed by atoms with Crippen LogP contribution in [0.3, 0.4) is 0 Å². The third kappa shape index (κ3) is 32.6. The zero-order chi connectivity index (χ0) is 14.2. The van der Waals surface area contributed by atoms with Gasteiger partial charge >= 0.3 is 144 Å². The number of rotatable bonds is 10. The molecule has 0 saturated heterocycles. The van der Waals surface area contributed by atoms with Gasteiger partial charge in [-0.2, -0.15) is 0 Å². The number of unbranched alkanes of at least 4 members (excludes halogenated alkanes) is 7. The van der Waals surface area contributed by atoms with Crippen LogP contribution in [0.4, 0.5) is 0 Å². The average Bonchev–Trinajstić information content (AvgIpc) is 2.27. The van der Waals surface area contributed by atoms with E-state index < -0.39 is 18.4 Å². The van der Waals surface area contributed by atoms with E-state index in [-0.39, 0.29) is 51.4 Å². The fraction of sp³-hybridized carbons (Fsp3) is 0.846. The zero-order valence-electron chi connectivity index (χ0n) is 11.8. The third-order valence-corrected chi connectivity index (χ3v) is 2.51. The average molecular weight is 292 g/mol. The Labute approximate surface area is 168 Å². The van der Waals surface area contributed by atoms with Gasteiger partial charge in [-0.05, 0) is 0 Å². The molecule has 0 unspecified atom stereocenters. The first kappa shape index (κ1) is 25.1. The molecule has 0 spiro atoms. The van der Waals surface area contributed by atoms with Crippen molar-refractivity contribution < 1.29 is 19.8 Å². The van der Waals surface area contributed by atoms with Crippen LogP contribution in [0.2, 0.25) is 5.09 Å². The molecule has 2 N–H and O–H groups in total. The Bertz CT molecular complexity index is 193. The van der Waals surface area contributed by atoms with Crippen molar-refractivity contribution in [3.05, 3.63) is 0 Å². The molecule has 0 saturated carbocycles. The van der Waals surface area contributed by atoms with Crippen LogP contribution in [0.1, 0.15) is 64.7 Å². The third-order valence-electron chi connectivity index (χ3n) is 2.51. The second kappa shape index (κ2) is 21.5. The van der Waals surface area contributed by atoms with Crippen LogP contribution in [-0.4, -0.2) is 91.3 Å². The molecule has 6 heteroatoms. The second-order valence-electron chi connectivity index (χ2n) is 4.44. The van der Waals surface area contributed by atoms with Crippen molar-refractivity contribution in [1.82, 2.24) is 0 Å². The predicted molar refractivity (Wildman–Crippen MR) is 80.2 cm³/mol. The number of hydrogen-bond donors (Lipinski definition) is 2. The predicted octanol–water partition coefficient (Wildman–Crippen LogP) is 2.61. The zero-order valence-corrected chi connectivity index (χ0v) is 11.8. The fourth-order valence-corrected chi connectivity index (χ4v) is 1.51. The molecule has 0 aromatic carbocycles. The van der Waals surface area contributed by atoms with E-state index in [4.69, 9.17) is 10.2 Å². The standard InChI is InChI=1S/C10H21.C3H4O4.K.Li.H/c1-3-5-7-9-10-8-6-4-2;4-2(5)1-3(6)7;;;/h1,3-10H2,2H3;1H2,(H,4,5)(H,6,7);;;. The van der Waals surface area contributed by atoms with E-state index in [2.05, 4.69) is 24.6 Å². The molecule has 0 amide bonds. The molecule has 0 aliphatic rings. The van der Waals surface area contributed by atoms with Crippen LogP contribution in [0.5, 0.6) is 0 Å². The van der Waals surface area contributed by atoms with Crippen molar-refractivity contribution in [3.63, 3.8) is 0 Å². The molecule has 0 rings (SSSR count). The van der Waals surface area contributed by atoms with E-state index >= 15 is 0 Å². The monoisotopic (exact) mass is 292 g/mol. The van der Waals surface area contributed by atoms with Crippen LogP contribution < -0.4 is 0 Å². The van der Waals surface area contributed by atoms with Gasteiger partial charge in [-0.15, -0.1) is 0 Å². The van der Waals surface area contributed by atoms with Crippen molar-refractivity contribution >= 4 is 81.0 Å². The van der Waals surface area contributed by atoms with Gasteiger partial charge in [0.2, 0.25) is 0 Å². The number of carboxylic acids is 2. The summed E-state index contributed by atoms with van der Waals surface area (Å²) in [7, 11) is 0. The van der Waals surface area contributed by atoms with Gasteiger partial charge in [0.25, 0.3) is 0 Å². The summed E-state index contributed by atoms with van der Waals surface area (Å²) >= 11 is 2.27. The molecule has 104 valence electrons. The van der Waals surface area contributed by atoms with Crippen LogP contribution in [-0.2, 0) is 9.59 Å². The van der Waals surface area contributed by atoms with Gasteiger partial charge in [-0.3, -0.25) is 9.59 Å². The van der Waals surface area contributed by atoms with Crippen molar-refractivity contribution in [1.29, 1.82) is 0 Å². The summed E-state index contributed by atoms with van der Waals surface area (Å²) in [6, 6.07) is 0. The van der Waals surface area contributed by atoms with Crippen LogP contribution in [0.15, 0.2) is 0 Å². The molecule has 19 heavy (non-hydrogen) atoms. The SMILES string of the molecule is O=C(O)CC(=O)O.[KH].[Li][CH2]CCCCCCCCC. The molecule has 0 aliphatic heterocycles. The molecule has 0 aliphatic carbocycles. The maximum absolute atomic E-state index is 9.43. The Morgan fingerprint density at radius 2 is 1.21 bits per heavy atom. The minimum atomic E-state index is -1.31. The van der Waals surface area contributed by atoms with Gasteiger partial charge in [0.15, 0.2) is 0 Å². The number of carbonyl (C=O) groups is 2. The molecule has 0 radical (unpaired) electrons. The molecule has 0 atom stereocenters. The molecule has 0 heterocycles. The van der Waals surface area contributed by atoms with Crippen LogP contribution >= 0.6 is 0 Å². The van der Waals surface area contributed by atoms with Gasteiger partial charge in [-0.25, -0.2) is 0 Å². The van der Waals surface area contributed by atoms with Crippen molar-refractivity contribution in [2.24, 2.45) is 0 Å². The Kier molecular flexibility index (Phi) is 28.4. The Morgan fingerprint density at radius 3 is 1.47 bits per heavy atom. The van der Waals surface area contributed by atoms with Crippen molar-refractivity contribution in [2.45, 2.75) is 69.8 Å². The summed E-state index contributed by atoms with van der Waals surface area (Å²) in [6.45, 7) is 2.27. The molecule has 4 nitrogen and oxygen atoms in total. The van der Waals surface area contributed by atoms with E-state index in [1.165, 1.54) is 56.5 Å². The number of aliphatic carboxylic acids is 2. The van der Waals surface area contributed by atoms with E-state index in [9.17, 15) is 9.59 Å². The van der Waals surface area contributed by atoms with E-state index in [1.54, 1.807) is 0 Å². The summed E-state index contributed by atoms with van der Waals surface area (Å²) < 4.78 is 0. The van der Waals surface area contributed by atoms with Gasteiger partial charge in [-0.1, -0.05) is 0 Å². The molecular formula is C13H26KLiO4. The van der Waals surface area contributed by atoms with Crippen LogP contribution in [0, 0.1) is 0 Å². The van der Waals surface area contributed by atoms with Crippen molar-refractivity contribution in [2.75, 3.05) is 0 Å². The van der Waals surface area contributed by atoms with E-state index in [0.717, 1.165) is 0 Å². The molecule has 0 aromatic heterocycles. The topological polar surface area (TPSA) is 74.6 Å². The summed E-state index contributed by atoms with van der Waals surface area (Å²) in [5, 5.41) is 16.8. The first-order chi connectivity index (χ1) is 8.54. The summed E-state index contributed by atoms with van der Waals surface area (Å²) in [5.41, 5.74) is 0. The number of carboxylic acid groups (broad SMARTS) is 2. The second-order valence-corrected chi connectivity index (χ2v) is 4.44. The Hall–Kier alpha value is 1.17. The normalized spacial score (nSPS) is 9.00. The van der Waals surface area contributed by atoms with E-state index in [1.807, 2.05) is 0 Å². The van der Waals surface area contributed by atoms with Crippen LogP contribution in [0.25, 0.3) is 0 Å². The first-order valence-electron chi connectivity index (χ1n) is 6.98. The summed E-state index contributed by atoms with van der Waals surface area (Å²) in [6.07, 6.45) is 10.8. The fourth-order valence-electron chi connectivity index (χ4n) is 1.51. The quantitative estimate of drug-likeness (QED) is 0.369. The molecule has 0 fully saturated rings. The first-order valence-corrected chi connectivity index (χ1v) is 6.98. The maximum atomic E-state index is 9.43. The van der Waals surface area contributed by atoms with Crippen molar-refractivity contribution in [3.8, 4) is 0 Å². The summed E-state index contributed by atoms with van der Waals surface area (Å²) in [5.74, 6) is -2.62. The molecular weight excluding hydrogens is 266 g/mol. The molecule has 0 aromatic rings. The van der Waals surface area contributed by atoms with Gasteiger partial charge in [0.1, 0.15) is 6.42 Å². The number of hydrogen-bond acceptors (Lipinski definition) is 2. The Balaban J connectivity index is -0.000000280. The molecule has 0 bridgehead atoms. The summed E-state index contributed by atoms with van der Waals surface area (Å²) in [4.78, 5) is 18.9. The van der Waals surface area contributed by atoms with Gasteiger partial charge in [0.05, 0.1) is 0 Å². The minimum absolute atomic E-state index is 0. The Morgan fingerprint density at radius 1 is 0.842 bits per heavy atom.